The summed E-state index contributed by atoms with van der Waals surface area (Å²) in [5.74, 6) is -0.309. The molecule has 0 fully saturated rings. The number of ether oxygens (including phenoxy) is 1. The topological polar surface area (TPSA) is 38.3 Å². The molecule has 1 N–H and O–H groups in total. The van der Waals surface area contributed by atoms with E-state index >= 15 is 0 Å². The fourth-order valence-corrected chi connectivity index (χ4v) is 1.35. The number of esters is 1. The Morgan fingerprint density at radius 1 is 1.64 bits per heavy atom. The van der Waals surface area contributed by atoms with Crippen molar-refractivity contribution >= 4 is 39.2 Å². The van der Waals surface area contributed by atoms with Gasteiger partial charge in [-0.2, -0.15) is 0 Å². The third-order valence-electron chi connectivity index (χ3n) is 1.58. The van der Waals surface area contributed by atoms with Crippen LogP contribution in [-0.2, 0) is 9.53 Å². The van der Waals surface area contributed by atoms with E-state index in [1.165, 1.54) is 7.11 Å². The number of carbonyl (C=O) groups excluding carboxylic acids is 1. The van der Waals surface area contributed by atoms with Crippen molar-refractivity contribution in [3.8, 4) is 0 Å². The first kappa shape index (κ1) is 11.3. The van der Waals surface area contributed by atoms with Crippen LogP contribution in [0.15, 0.2) is 22.7 Å². The number of hydrogen-bond donors (Lipinski definition) is 1. The summed E-state index contributed by atoms with van der Waals surface area (Å²) in [4.78, 5) is 10.8. The number of nitrogens with one attached hydrogen (secondary N) is 1. The molecular formula is C9H9BrClNO2. The summed E-state index contributed by atoms with van der Waals surface area (Å²) in [6.45, 7) is 0.143. The smallest absolute Gasteiger partial charge is 0.325 e. The highest BCUT2D eigenvalue weighted by Crippen LogP contribution is 2.25. The zero-order chi connectivity index (χ0) is 10.6. The third-order valence-corrected chi connectivity index (χ3v) is 2.80. The quantitative estimate of drug-likeness (QED) is 0.864. The monoisotopic (exact) mass is 277 g/mol. The fraction of sp³-hybridized carbons (Fsp3) is 0.222. The van der Waals surface area contributed by atoms with E-state index in [1.54, 1.807) is 18.2 Å². The lowest BCUT2D eigenvalue weighted by Gasteiger charge is -2.05. The van der Waals surface area contributed by atoms with E-state index in [9.17, 15) is 4.79 Å². The first-order valence-corrected chi connectivity index (χ1v) is 5.06. The fourth-order valence-electron chi connectivity index (χ4n) is 0.852. The van der Waals surface area contributed by atoms with Gasteiger partial charge in [0.05, 0.1) is 12.1 Å². The van der Waals surface area contributed by atoms with Gasteiger partial charge in [-0.05, 0) is 34.1 Å². The molecule has 1 rings (SSSR count). The number of carbonyl (C=O) groups is 1. The van der Waals surface area contributed by atoms with Crippen LogP contribution < -0.4 is 5.32 Å². The normalized spacial score (nSPS) is 9.64. The van der Waals surface area contributed by atoms with E-state index < -0.39 is 0 Å². The Labute approximate surface area is 95.5 Å². The molecule has 0 unspecified atom stereocenters. The second-order valence-corrected chi connectivity index (χ2v) is 3.82. The first-order chi connectivity index (χ1) is 6.63. The summed E-state index contributed by atoms with van der Waals surface area (Å²) in [5, 5.41) is 3.53. The van der Waals surface area contributed by atoms with Gasteiger partial charge in [0.25, 0.3) is 0 Å². The molecule has 0 aliphatic rings. The first-order valence-electron chi connectivity index (χ1n) is 3.89. The van der Waals surface area contributed by atoms with Crippen LogP contribution in [0.4, 0.5) is 5.69 Å². The molecular weight excluding hydrogens is 269 g/mol. The van der Waals surface area contributed by atoms with Crippen molar-refractivity contribution in [3.05, 3.63) is 27.7 Å². The maximum absolute atomic E-state index is 10.8. The zero-order valence-corrected chi connectivity index (χ0v) is 9.85. The van der Waals surface area contributed by atoms with Gasteiger partial charge in [0.1, 0.15) is 6.54 Å². The number of methoxy groups -OCH3 is 1. The number of anilines is 1. The molecule has 0 spiro atoms. The van der Waals surface area contributed by atoms with Crippen LogP contribution in [0.2, 0.25) is 5.02 Å². The van der Waals surface area contributed by atoms with Crippen LogP contribution in [0, 0.1) is 0 Å². The van der Waals surface area contributed by atoms with E-state index in [4.69, 9.17) is 11.6 Å². The van der Waals surface area contributed by atoms with Crippen LogP contribution in [0.25, 0.3) is 0 Å². The Bertz CT molecular complexity index is 344. The zero-order valence-electron chi connectivity index (χ0n) is 7.51. The van der Waals surface area contributed by atoms with Crippen LogP contribution >= 0.6 is 27.5 Å². The number of benzene rings is 1. The van der Waals surface area contributed by atoms with Crippen molar-refractivity contribution in [2.45, 2.75) is 0 Å². The molecule has 0 heterocycles. The Morgan fingerprint density at radius 2 is 2.36 bits per heavy atom. The van der Waals surface area contributed by atoms with Crippen molar-refractivity contribution in [1.82, 2.24) is 0 Å². The van der Waals surface area contributed by atoms with Gasteiger partial charge in [0.15, 0.2) is 0 Å². The lowest BCUT2D eigenvalue weighted by Crippen LogP contribution is -2.14. The molecule has 0 saturated heterocycles. The van der Waals surface area contributed by atoms with Crippen LogP contribution in [0.5, 0.6) is 0 Å². The molecule has 14 heavy (non-hydrogen) atoms. The minimum absolute atomic E-state index is 0.143. The van der Waals surface area contributed by atoms with E-state index in [1.807, 2.05) is 0 Å². The second kappa shape index (κ2) is 5.22. The highest BCUT2D eigenvalue weighted by atomic mass is 79.9. The third kappa shape index (κ3) is 3.20. The molecule has 0 aliphatic heterocycles. The van der Waals surface area contributed by atoms with Crippen LogP contribution in [0.3, 0.4) is 0 Å². The summed E-state index contributed by atoms with van der Waals surface area (Å²) in [6, 6.07) is 5.33. The second-order valence-electron chi connectivity index (χ2n) is 2.56. The van der Waals surface area contributed by atoms with E-state index in [-0.39, 0.29) is 12.5 Å². The van der Waals surface area contributed by atoms with Gasteiger partial charge in [0.2, 0.25) is 0 Å². The predicted molar refractivity (Wildman–Crippen MR) is 59.7 cm³/mol. The average molecular weight is 279 g/mol. The molecule has 0 aromatic heterocycles. The largest absolute Gasteiger partial charge is 0.468 e. The average Bonchev–Trinajstić information content (AvgIpc) is 2.19. The number of hydrogen-bond acceptors (Lipinski definition) is 3. The van der Waals surface area contributed by atoms with Gasteiger partial charge < -0.3 is 10.1 Å². The van der Waals surface area contributed by atoms with Crippen molar-refractivity contribution in [3.63, 3.8) is 0 Å². The van der Waals surface area contributed by atoms with Crippen molar-refractivity contribution in [1.29, 1.82) is 0 Å². The van der Waals surface area contributed by atoms with Gasteiger partial charge >= 0.3 is 5.97 Å². The summed E-state index contributed by atoms with van der Waals surface area (Å²) >= 11 is 9.09. The van der Waals surface area contributed by atoms with Gasteiger partial charge in [0, 0.05) is 10.2 Å². The van der Waals surface area contributed by atoms with E-state index in [0.29, 0.717) is 5.02 Å². The van der Waals surface area contributed by atoms with E-state index in [2.05, 4.69) is 26.0 Å². The Kier molecular flexibility index (Phi) is 4.22. The molecule has 0 radical (unpaired) electrons. The van der Waals surface area contributed by atoms with Gasteiger partial charge in [-0.1, -0.05) is 11.6 Å². The van der Waals surface area contributed by atoms with Crippen molar-refractivity contribution in [2.24, 2.45) is 0 Å². The standard InChI is InChI=1S/C9H9BrClNO2/c1-14-9(13)5-12-6-2-3-8(11)7(10)4-6/h2-4,12H,5H2,1H3. The van der Waals surface area contributed by atoms with Crippen LogP contribution in [-0.4, -0.2) is 19.6 Å². The molecule has 1 aromatic carbocycles. The van der Waals surface area contributed by atoms with Gasteiger partial charge in [-0.25, -0.2) is 0 Å². The van der Waals surface area contributed by atoms with Gasteiger partial charge in [-0.15, -0.1) is 0 Å². The van der Waals surface area contributed by atoms with Gasteiger partial charge in [-0.3, -0.25) is 4.79 Å². The SMILES string of the molecule is COC(=O)CNc1ccc(Cl)c(Br)c1. The maximum Gasteiger partial charge on any atom is 0.325 e. The minimum Gasteiger partial charge on any atom is -0.468 e. The Morgan fingerprint density at radius 3 is 2.93 bits per heavy atom. The van der Waals surface area contributed by atoms with Crippen LogP contribution in [0.1, 0.15) is 0 Å². The highest BCUT2D eigenvalue weighted by Gasteiger charge is 2.01. The molecule has 1 aromatic rings. The maximum atomic E-state index is 10.8. The minimum atomic E-state index is -0.309. The summed E-state index contributed by atoms with van der Waals surface area (Å²) in [7, 11) is 1.35. The van der Waals surface area contributed by atoms with Crippen molar-refractivity contribution < 1.29 is 9.53 Å². The molecule has 5 heteroatoms. The molecule has 0 bridgehead atoms. The summed E-state index contributed by atoms with van der Waals surface area (Å²) in [6.07, 6.45) is 0. The lowest BCUT2D eigenvalue weighted by atomic mass is 10.3. The predicted octanol–water partition coefficient (Wildman–Crippen LogP) is 2.69. The molecule has 0 aliphatic carbocycles. The Hall–Kier alpha value is -0.740. The molecule has 0 amide bonds. The highest BCUT2D eigenvalue weighted by molar-refractivity contribution is 9.10. The van der Waals surface area contributed by atoms with E-state index in [0.717, 1.165) is 10.2 Å². The Balaban J connectivity index is 2.60. The molecule has 76 valence electrons. The lowest BCUT2D eigenvalue weighted by molar-refractivity contribution is -0.138. The summed E-state index contributed by atoms with van der Waals surface area (Å²) < 4.78 is 5.27. The summed E-state index contributed by atoms with van der Waals surface area (Å²) in [5.41, 5.74) is 0.812. The molecule has 3 nitrogen and oxygen atoms in total. The molecule has 0 atom stereocenters. The number of rotatable bonds is 3. The van der Waals surface area contributed by atoms with Crippen molar-refractivity contribution in [2.75, 3.05) is 19.0 Å². The molecule has 0 saturated carbocycles. The number of halogens is 2.